The SMILES string of the molecule is CC(=O)OC[C@H]1OC(n2ccnc2[N+](=O)[O-])[C@H](O)[C@@H]1OC(C)=O. The number of nitro groups is 1. The van der Waals surface area contributed by atoms with E-state index in [9.17, 15) is 24.8 Å². The first kappa shape index (κ1) is 16.8. The number of carbonyl (C=O) groups is 2. The van der Waals surface area contributed by atoms with E-state index in [-0.39, 0.29) is 6.61 Å². The van der Waals surface area contributed by atoms with Crippen molar-refractivity contribution < 1.29 is 33.8 Å². The van der Waals surface area contributed by atoms with Gasteiger partial charge in [0.25, 0.3) is 0 Å². The van der Waals surface area contributed by atoms with Crippen molar-refractivity contribution in [3.05, 3.63) is 22.5 Å². The Balaban J connectivity index is 2.24. The Morgan fingerprint density at radius 3 is 2.74 bits per heavy atom. The first-order valence-electron chi connectivity index (χ1n) is 6.62. The Morgan fingerprint density at radius 1 is 1.48 bits per heavy atom. The van der Waals surface area contributed by atoms with E-state index >= 15 is 0 Å². The van der Waals surface area contributed by atoms with E-state index in [0.29, 0.717) is 0 Å². The van der Waals surface area contributed by atoms with E-state index in [2.05, 4.69) is 4.98 Å². The predicted octanol–water partition coefficient (Wildman–Crippen LogP) is -0.456. The van der Waals surface area contributed by atoms with E-state index in [1.165, 1.54) is 19.3 Å². The van der Waals surface area contributed by atoms with Gasteiger partial charge in [-0.15, -0.1) is 0 Å². The van der Waals surface area contributed by atoms with Crippen molar-refractivity contribution in [2.45, 2.75) is 38.4 Å². The van der Waals surface area contributed by atoms with Gasteiger partial charge in [0.2, 0.25) is 6.23 Å². The van der Waals surface area contributed by atoms with Crippen molar-refractivity contribution in [3.8, 4) is 0 Å². The summed E-state index contributed by atoms with van der Waals surface area (Å²) >= 11 is 0. The molecule has 1 aliphatic heterocycles. The fraction of sp³-hybridized carbons (Fsp3) is 0.583. The van der Waals surface area contributed by atoms with Crippen LogP contribution in [0.25, 0.3) is 0 Å². The molecule has 1 unspecified atom stereocenters. The Morgan fingerprint density at radius 2 is 2.17 bits per heavy atom. The van der Waals surface area contributed by atoms with Crippen LogP contribution in [0, 0.1) is 10.1 Å². The van der Waals surface area contributed by atoms with Gasteiger partial charge in [0.1, 0.15) is 25.1 Å². The van der Waals surface area contributed by atoms with Gasteiger partial charge in [-0.2, -0.15) is 4.57 Å². The highest BCUT2D eigenvalue weighted by Gasteiger charge is 2.50. The Bertz CT molecular complexity index is 615. The van der Waals surface area contributed by atoms with Crippen molar-refractivity contribution in [1.29, 1.82) is 0 Å². The van der Waals surface area contributed by atoms with Crippen molar-refractivity contribution in [1.82, 2.24) is 9.55 Å². The molecule has 4 atom stereocenters. The summed E-state index contributed by atoms with van der Waals surface area (Å²) in [4.78, 5) is 35.8. The highest BCUT2D eigenvalue weighted by molar-refractivity contribution is 5.66. The lowest BCUT2D eigenvalue weighted by atomic mass is 10.1. The van der Waals surface area contributed by atoms with E-state index in [1.54, 1.807) is 0 Å². The summed E-state index contributed by atoms with van der Waals surface area (Å²) < 4.78 is 16.3. The molecule has 1 aromatic rings. The zero-order valence-corrected chi connectivity index (χ0v) is 12.3. The molecule has 23 heavy (non-hydrogen) atoms. The number of rotatable bonds is 5. The molecule has 0 amide bonds. The summed E-state index contributed by atoms with van der Waals surface area (Å²) in [7, 11) is 0. The molecule has 0 radical (unpaired) electrons. The summed E-state index contributed by atoms with van der Waals surface area (Å²) in [5.74, 6) is -1.79. The summed E-state index contributed by atoms with van der Waals surface area (Å²) in [5.41, 5.74) is 0. The van der Waals surface area contributed by atoms with Crippen LogP contribution in [0.1, 0.15) is 20.1 Å². The summed E-state index contributed by atoms with van der Waals surface area (Å²) in [5, 5.41) is 21.2. The van der Waals surface area contributed by atoms with Crippen LogP contribution in [0.15, 0.2) is 12.4 Å². The lowest BCUT2D eigenvalue weighted by Crippen LogP contribution is -2.38. The zero-order chi connectivity index (χ0) is 17.1. The average Bonchev–Trinajstić information content (AvgIpc) is 3.03. The Labute approximate surface area is 129 Å². The second-order valence-electron chi connectivity index (χ2n) is 4.82. The Kier molecular flexibility index (Phi) is 4.91. The molecular weight excluding hydrogens is 314 g/mol. The van der Waals surface area contributed by atoms with Gasteiger partial charge in [-0.25, -0.2) is 0 Å². The van der Waals surface area contributed by atoms with Crippen LogP contribution in [0.2, 0.25) is 0 Å². The van der Waals surface area contributed by atoms with E-state index in [0.717, 1.165) is 11.5 Å². The lowest BCUT2D eigenvalue weighted by Gasteiger charge is -2.19. The number of aliphatic hydroxyl groups is 1. The van der Waals surface area contributed by atoms with Gasteiger partial charge >= 0.3 is 17.9 Å². The van der Waals surface area contributed by atoms with Crippen molar-refractivity contribution in [2.24, 2.45) is 0 Å². The van der Waals surface area contributed by atoms with Crippen LogP contribution in [0.4, 0.5) is 5.95 Å². The van der Waals surface area contributed by atoms with Crippen LogP contribution in [0.3, 0.4) is 0 Å². The predicted molar refractivity (Wildman–Crippen MR) is 71.0 cm³/mol. The van der Waals surface area contributed by atoms with Gasteiger partial charge in [0.15, 0.2) is 12.2 Å². The minimum atomic E-state index is -1.40. The third-order valence-corrected chi connectivity index (χ3v) is 3.15. The maximum Gasteiger partial charge on any atom is 0.436 e. The first-order chi connectivity index (χ1) is 10.8. The number of aliphatic hydroxyl groups excluding tert-OH is 1. The number of aromatic nitrogens is 2. The molecule has 1 N–H and O–H groups in total. The number of ether oxygens (including phenoxy) is 3. The number of esters is 2. The molecule has 2 heterocycles. The number of nitrogens with zero attached hydrogens (tertiary/aromatic N) is 3. The van der Waals surface area contributed by atoms with Crippen LogP contribution in [-0.4, -0.2) is 56.4 Å². The monoisotopic (exact) mass is 329 g/mol. The molecule has 0 aliphatic carbocycles. The van der Waals surface area contributed by atoms with Crippen LogP contribution < -0.4 is 0 Å². The fourth-order valence-electron chi connectivity index (χ4n) is 2.27. The summed E-state index contributed by atoms with van der Waals surface area (Å²) in [6.07, 6.45) is -2.28. The van der Waals surface area contributed by atoms with E-state index < -0.39 is 47.4 Å². The van der Waals surface area contributed by atoms with Gasteiger partial charge in [-0.1, -0.05) is 4.98 Å². The van der Waals surface area contributed by atoms with Gasteiger partial charge in [0, 0.05) is 13.8 Å². The molecule has 126 valence electrons. The molecule has 0 aromatic carbocycles. The average molecular weight is 329 g/mol. The molecule has 0 saturated carbocycles. The molecule has 1 saturated heterocycles. The van der Waals surface area contributed by atoms with Gasteiger partial charge < -0.3 is 29.4 Å². The maximum atomic E-state index is 11.2. The van der Waals surface area contributed by atoms with Gasteiger partial charge in [-0.3, -0.25) is 9.59 Å². The highest BCUT2D eigenvalue weighted by atomic mass is 16.6. The lowest BCUT2D eigenvalue weighted by molar-refractivity contribution is -0.398. The topological polar surface area (TPSA) is 143 Å². The third-order valence-electron chi connectivity index (χ3n) is 3.15. The van der Waals surface area contributed by atoms with Crippen molar-refractivity contribution in [3.63, 3.8) is 0 Å². The second-order valence-corrected chi connectivity index (χ2v) is 4.82. The maximum absolute atomic E-state index is 11.2. The number of carbonyl (C=O) groups excluding carboxylic acids is 2. The molecular formula is C12H15N3O8. The van der Waals surface area contributed by atoms with Gasteiger partial charge in [-0.05, 0) is 4.92 Å². The quantitative estimate of drug-likeness (QED) is 0.431. The van der Waals surface area contributed by atoms with E-state index in [4.69, 9.17) is 14.2 Å². The molecule has 11 heteroatoms. The number of imidazole rings is 1. The number of hydrogen-bond donors (Lipinski definition) is 1. The smallest absolute Gasteiger partial charge is 0.436 e. The molecule has 11 nitrogen and oxygen atoms in total. The molecule has 0 bridgehead atoms. The van der Waals surface area contributed by atoms with Crippen molar-refractivity contribution >= 4 is 17.9 Å². The van der Waals surface area contributed by atoms with Crippen LogP contribution >= 0.6 is 0 Å². The van der Waals surface area contributed by atoms with Crippen molar-refractivity contribution in [2.75, 3.05) is 6.61 Å². The normalized spacial score (nSPS) is 26.7. The minimum Gasteiger partial charge on any atom is -0.463 e. The largest absolute Gasteiger partial charge is 0.463 e. The molecule has 1 aromatic heterocycles. The zero-order valence-electron chi connectivity index (χ0n) is 12.3. The summed E-state index contributed by atoms with van der Waals surface area (Å²) in [6.45, 7) is 2.05. The second kappa shape index (κ2) is 6.71. The van der Waals surface area contributed by atoms with Crippen LogP contribution in [0.5, 0.6) is 0 Å². The number of hydrogen-bond acceptors (Lipinski definition) is 9. The first-order valence-corrected chi connectivity index (χ1v) is 6.62. The molecule has 2 rings (SSSR count). The van der Waals surface area contributed by atoms with E-state index in [1.807, 2.05) is 0 Å². The molecule has 1 aliphatic rings. The third kappa shape index (κ3) is 3.63. The fourth-order valence-corrected chi connectivity index (χ4v) is 2.27. The molecule has 1 fully saturated rings. The highest BCUT2D eigenvalue weighted by Crippen LogP contribution is 2.33. The summed E-state index contributed by atoms with van der Waals surface area (Å²) in [6, 6.07) is 0. The van der Waals surface area contributed by atoms with Gasteiger partial charge in [0.05, 0.1) is 0 Å². The molecule has 0 spiro atoms. The minimum absolute atomic E-state index is 0.274. The van der Waals surface area contributed by atoms with Crippen LogP contribution in [-0.2, 0) is 23.8 Å². The Hall–Kier alpha value is -2.53. The standard InChI is InChI=1S/C12H15N3O8/c1-6(16)21-5-8-10(22-7(2)17)9(18)11(23-8)14-4-3-13-12(14)15(19)20/h3-4,8-11,18H,5H2,1-2H3/t8-,9-,10-,11?/m1/s1.